The third-order valence-electron chi connectivity index (χ3n) is 10.2. The summed E-state index contributed by atoms with van der Waals surface area (Å²) in [6, 6.07) is 74.4. The van der Waals surface area contributed by atoms with E-state index in [0.717, 1.165) is 72.3 Å². The quantitative estimate of drug-likeness (QED) is 0.147. The molecule has 1 aromatic heterocycles. The Morgan fingerprint density at radius 1 is 0.309 bits per heavy atom. The average Bonchev–Trinajstić information content (AvgIpc) is 3.72. The van der Waals surface area contributed by atoms with Crippen molar-refractivity contribution in [1.29, 1.82) is 0 Å². The van der Waals surface area contributed by atoms with Gasteiger partial charge in [0.1, 0.15) is 5.52 Å². The van der Waals surface area contributed by atoms with Gasteiger partial charge in [-0.1, -0.05) is 127 Å². The minimum absolute atomic E-state index is 0.587. The van der Waals surface area contributed by atoms with Crippen LogP contribution in [0.25, 0.3) is 55.2 Å². The smallest absolute Gasteiger partial charge is 0.227 e. The molecule has 55 heavy (non-hydrogen) atoms. The SMILES string of the molecule is c1ccc(-c2ccc(N(c3ccccc3)c3ccc4c(c3)c3ccccc3c3oc(-c5cccc(N(c6ccccc6)c6ccccc6)c5)nc43)cc2)cc1. The van der Waals surface area contributed by atoms with E-state index in [0.29, 0.717) is 5.89 Å². The van der Waals surface area contributed by atoms with Crippen LogP contribution in [0.2, 0.25) is 0 Å². The van der Waals surface area contributed by atoms with E-state index in [2.05, 4.69) is 210 Å². The molecule has 9 aromatic carbocycles. The Hall–Kier alpha value is -7.43. The first kappa shape index (κ1) is 32.2. The van der Waals surface area contributed by atoms with Crippen molar-refractivity contribution in [3.8, 4) is 22.6 Å². The van der Waals surface area contributed by atoms with Crippen molar-refractivity contribution in [2.45, 2.75) is 0 Å². The topological polar surface area (TPSA) is 32.5 Å². The van der Waals surface area contributed by atoms with Crippen LogP contribution in [-0.4, -0.2) is 4.98 Å². The zero-order chi connectivity index (χ0) is 36.6. The van der Waals surface area contributed by atoms with Crippen LogP contribution in [0.4, 0.5) is 34.1 Å². The number of hydrogen-bond donors (Lipinski definition) is 0. The van der Waals surface area contributed by atoms with Crippen LogP contribution in [0.5, 0.6) is 0 Å². The van der Waals surface area contributed by atoms with E-state index in [1.165, 1.54) is 11.1 Å². The number of oxazole rings is 1. The van der Waals surface area contributed by atoms with Gasteiger partial charge in [0.25, 0.3) is 0 Å². The number of para-hydroxylation sites is 3. The maximum absolute atomic E-state index is 6.75. The molecular formula is C51H35N3O. The fourth-order valence-corrected chi connectivity index (χ4v) is 7.66. The Labute approximate surface area is 319 Å². The molecule has 0 aliphatic carbocycles. The van der Waals surface area contributed by atoms with Crippen LogP contribution >= 0.6 is 0 Å². The molecular weight excluding hydrogens is 671 g/mol. The molecule has 0 saturated heterocycles. The van der Waals surface area contributed by atoms with Crippen LogP contribution in [-0.2, 0) is 0 Å². The van der Waals surface area contributed by atoms with Crippen molar-refractivity contribution < 1.29 is 4.42 Å². The van der Waals surface area contributed by atoms with Crippen LogP contribution in [0.1, 0.15) is 0 Å². The summed E-state index contributed by atoms with van der Waals surface area (Å²) >= 11 is 0. The van der Waals surface area contributed by atoms with E-state index < -0.39 is 0 Å². The molecule has 0 N–H and O–H groups in total. The van der Waals surface area contributed by atoms with Gasteiger partial charge in [-0.3, -0.25) is 0 Å². The summed E-state index contributed by atoms with van der Waals surface area (Å²) in [5, 5.41) is 4.32. The predicted molar refractivity (Wildman–Crippen MR) is 229 cm³/mol. The van der Waals surface area contributed by atoms with Crippen LogP contribution in [0.15, 0.2) is 217 Å². The summed E-state index contributed by atoms with van der Waals surface area (Å²) in [5.74, 6) is 0.587. The molecule has 260 valence electrons. The number of hydrogen-bond acceptors (Lipinski definition) is 4. The number of rotatable bonds is 8. The largest absolute Gasteiger partial charge is 0.435 e. The number of fused-ring (bicyclic) bond motifs is 6. The lowest BCUT2D eigenvalue weighted by Gasteiger charge is -2.26. The summed E-state index contributed by atoms with van der Waals surface area (Å²) < 4.78 is 6.75. The van der Waals surface area contributed by atoms with Crippen LogP contribution in [0, 0.1) is 0 Å². The van der Waals surface area contributed by atoms with Crippen molar-refractivity contribution in [1.82, 2.24) is 4.98 Å². The van der Waals surface area contributed by atoms with Crippen molar-refractivity contribution in [3.05, 3.63) is 212 Å². The molecule has 10 rings (SSSR count). The fraction of sp³-hybridized carbons (Fsp3) is 0. The molecule has 4 heteroatoms. The minimum Gasteiger partial charge on any atom is -0.435 e. The second kappa shape index (κ2) is 13.8. The maximum atomic E-state index is 6.75. The molecule has 0 radical (unpaired) electrons. The van der Waals surface area contributed by atoms with Crippen molar-refractivity contribution in [2.24, 2.45) is 0 Å². The highest BCUT2D eigenvalue weighted by Gasteiger charge is 2.20. The van der Waals surface area contributed by atoms with Gasteiger partial charge in [0.2, 0.25) is 5.89 Å². The van der Waals surface area contributed by atoms with E-state index >= 15 is 0 Å². The van der Waals surface area contributed by atoms with Crippen LogP contribution in [0.3, 0.4) is 0 Å². The monoisotopic (exact) mass is 705 g/mol. The van der Waals surface area contributed by atoms with Gasteiger partial charge < -0.3 is 14.2 Å². The second-order valence-electron chi connectivity index (χ2n) is 13.6. The van der Waals surface area contributed by atoms with Gasteiger partial charge in [-0.15, -0.1) is 0 Å². The molecule has 0 saturated carbocycles. The minimum atomic E-state index is 0.587. The van der Waals surface area contributed by atoms with E-state index in [1.807, 2.05) is 12.1 Å². The Bertz CT molecular complexity index is 2870. The third-order valence-corrected chi connectivity index (χ3v) is 10.2. The molecule has 1 heterocycles. The van der Waals surface area contributed by atoms with Gasteiger partial charge in [-0.25, -0.2) is 4.98 Å². The van der Waals surface area contributed by atoms with Crippen LogP contribution < -0.4 is 9.80 Å². The Morgan fingerprint density at radius 3 is 1.38 bits per heavy atom. The van der Waals surface area contributed by atoms with E-state index in [1.54, 1.807) is 0 Å². The standard InChI is InChI=1S/C51H35N3O/c1-5-16-36(17-6-1)37-28-30-42(31-29-37)54(41-23-11-4-12-24-41)44-32-33-46-48(35-44)45-26-13-14-27-47(45)50-49(46)52-51(55-50)38-18-15-25-43(34-38)53(39-19-7-2-8-20-39)40-21-9-3-10-22-40/h1-35H. The number of anilines is 6. The van der Waals surface area contributed by atoms with E-state index in [4.69, 9.17) is 9.40 Å². The first-order chi connectivity index (χ1) is 27.3. The first-order valence-electron chi connectivity index (χ1n) is 18.5. The predicted octanol–water partition coefficient (Wildman–Crippen LogP) is 14.4. The van der Waals surface area contributed by atoms with E-state index in [-0.39, 0.29) is 0 Å². The highest BCUT2D eigenvalue weighted by atomic mass is 16.3. The molecule has 0 bridgehead atoms. The summed E-state index contributed by atoms with van der Waals surface area (Å²) in [6.07, 6.45) is 0. The average molecular weight is 706 g/mol. The van der Waals surface area contributed by atoms with Crippen molar-refractivity contribution in [2.75, 3.05) is 9.80 Å². The highest BCUT2D eigenvalue weighted by molar-refractivity contribution is 6.23. The Kier molecular flexibility index (Phi) is 8.12. The molecule has 0 fully saturated rings. The number of benzene rings is 9. The summed E-state index contributed by atoms with van der Waals surface area (Å²) in [5.41, 5.74) is 11.3. The van der Waals surface area contributed by atoms with Crippen molar-refractivity contribution >= 4 is 66.8 Å². The fourth-order valence-electron chi connectivity index (χ4n) is 7.66. The number of aromatic nitrogens is 1. The third kappa shape index (κ3) is 5.96. The lowest BCUT2D eigenvalue weighted by atomic mass is 9.99. The lowest BCUT2D eigenvalue weighted by molar-refractivity contribution is 0.623. The molecule has 0 aliphatic heterocycles. The van der Waals surface area contributed by atoms with Gasteiger partial charge >= 0.3 is 0 Å². The molecule has 0 unspecified atom stereocenters. The molecule has 0 spiro atoms. The summed E-state index contributed by atoms with van der Waals surface area (Å²) in [4.78, 5) is 9.81. The van der Waals surface area contributed by atoms with Gasteiger partial charge in [0.15, 0.2) is 5.58 Å². The van der Waals surface area contributed by atoms with Gasteiger partial charge in [0, 0.05) is 50.5 Å². The Morgan fingerprint density at radius 2 is 0.764 bits per heavy atom. The molecule has 10 aromatic rings. The molecule has 4 nitrogen and oxygen atoms in total. The van der Waals surface area contributed by atoms with Gasteiger partial charge in [-0.2, -0.15) is 0 Å². The zero-order valence-electron chi connectivity index (χ0n) is 30.0. The maximum Gasteiger partial charge on any atom is 0.227 e. The number of nitrogens with zero attached hydrogens (tertiary/aromatic N) is 3. The Balaban J connectivity index is 1.10. The molecule has 0 aliphatic rings. The van der Waals surface area contributed by atoms with E-state index in [9.17, 15) is 0 Å². The summed E-state index contributed by atoms with van der Waals surface area (Å²) in [7, 11) is 0. The molecule has 0 atom stereocenters. The second-order valence-corrected chi connectivity index (χ2v) is 13.6. The normalized spacial score (nSPS) is 11.3. The molecule has 0 amide bonds. The highest BCUT2D eigenvalue weighted by Crippen LogP contribution is 2.43. The van der Waals surface area contributed by atoms with Crippen molar-refractivity contribution in [3.63, 3.8) is 0 Å². The van der Waals surface area contributed by atoms with Gasteiger partial charge in [0.05, 0.1) is 0 Å². The summed E-state index contributed by atoms with van der Waals surface area (Å²) in [6.45, 7) is 0. The lowest BCUT2D eigenvalue weighted by Crippen LogP contribution is -2.09. The first-order valence-corrected chi connectivity index (χ1v) is 18.5. The zero-order valence-corrected chi connectivity index (χ0v) is 30.0. The van der Waals surface area contributed by atoms with Gasteiger partial charge in [-0.05, 0) is 107 Å².